The van der Waals surface area contributed by atoms with Gasteiger partial charge >= 0.3 is 0 Å². The van der Waals surface area contributed by atoms with E-state index in [4.69, 9.17) is 4.74 Å². The fraction of sp³-hybridized carbons (Fsp3) is 0.722. The quantitative estimate of drug-likeness (QED) is 0.720. The first kappa shape index (κ1) is 18.8. The number of nitrogens with zero attached hydrogens (tertiary/aromatic N) is 4. The maximum atomic E-state index is 12.4. The summed E-state index contributed by atoms with van der Waals surface area (Å²) >= 11 is 0. The standard InChI is InChI=1S/C18H29N5O3/c1-14(2)23-13-16(11-20-23)22-12-15(10-17(22)24)18(25)19-4-3-5-21-6-8-26-9-7-21/h11,13-15H,3-10,12H2,1-2H3,(H,19,25)/t15-/m1/s1. The summed E-state index contributed by atoms with van der Waals surface area (Å²) in [5.41, 5.74) is 0.770. The zero-order chi connectivity index (χ0) is 18.5. The third-order valence-corrected chi connectivity index (χ3v) is 4.98. The molecule has 2 aliphatic heterocycles. The normalized spacial score (nSPS) is 21.6. The van der Waals surface area contributed by atoms with Crippen LogP contribution in [0.2, 0.25) is 0 Å². The number of morpholine rings is 1. The Morgan fingerprint density at radius 3 is 2.85 bits per heavy atom. The van der Waals surface area contributed by atoms with Gasteiger partial charge in [0, 0.05) is 44.8 Å². The van der Waals surface area contributed by atoms with Crippen molar-refractivity contribution in [1.82, 2.24) is 20.0 Å². The number of ether oxygens (including phenoxy) is 1. The molecule has 3 rings (SSSR count). The van der Waals surface area contributed by atoms with Gasteiger partial charge in [-0.25, -0.2) is 0 Å². The van der Waals surface area contributed by atoms with E-state index >= 15 is 0 Å². The Hall–Kier alpha value is -1.93. The first-order valence-electron chi connectivity index (χ1n) is 9.47. The third-order valence-electron chi connectivity index (χ3n) is 4.98. The van der Waals surface area contributed by atoms with Crippen LogP contribution in [-0.2, 0) is 14.3 Å². The largest absolute Gasteiger partial charge is 0.379 e. The van der Waals surface area contributed by atoms with Crippen molar-refractivity contribution in [2.24, 2.45) is 5.92 Å². The van der Waals surface area contributed by atoms with Crippen LogP contribution >= 0.6 is 0 Å². The topological polar surface area (TPSA) is 79.7 Å². The molecule has 0 bridgehead atoms. The molecule has 8 heteroatoms. The summed E-state index contributed by atoms with van der Waals surface area (Å²) in [5.74, 6) is -0.325. The number of aromatic nitrogens is 2. The van der Waals surface area contributed by atoms with Crippen LogP contribution in [0.4, 0.5) is 5.69 Å². The van der Waals surface area contributed by atoms with Gasteiger partial charge in [0.15, 0.2) is 0 Å². The number of carbonyl (C=O) groups excluding carboxylic acids is 2. The maximum Gasteiger partial charge on any atom is 0.227 e. The van der Waals surface area contributed by atoms with Gasteiger partial charge in [-0.2, -0.15) is 5.10 Å². The van der Waals surface area contributed by atoms with E-state index in [9.17, 15) is 9.59 Å². The van der Waals surface area contributed by atoms with Crippen LogP contribution in [0.1, 0.15) is 32.7 Å². The van der Waals surface area contributed by atoms with Crippen LogP contribution in [0.3, 0.4) is 0 Å². The van der Waals surface area contributed by atoms with Crippen LogP contribution < -0.4 is 10.2 Å². The summed E-state index contributed by atoms with van der Waals surface area (Å²) in [6, 6.07) is 0.243. The molecular weight excluding hydrogens is 334 g/mol. The van der Waals surface area contributed by atoms with Crippen LogP contribution in [0.15, 0.2) is 12.4 Å². The monoisotopic (exact) mass is 363 g/mol. The van der Waals surface area contributed by atoms with E-state index in [1.165, 1.54) is 0 Å². The second-order valence-corrected chi connectivity index (χ2v) is 7.28. The molecular formula is C18H29N5O3. The predicted molar refractivity (Wildman–Crippen MR) is 98.0 cm³/mol. The molecule has 1 aromatic heterocycles. The van der Waals surface area contributed by atoms with E-state index < -0.39 is 0 Å². The smallest absolute Gasteiger partial charge is 0.227 e. The Bertz CT molecular complexity index is 624. The number of carbonyl (C=O) groups is 2. The molecule has 2 fully saturated rings. The molecule has 2 aliphatic rings. The van der Waals surface area contributed by atoms with Crippen LogP contribution in [-0.4, -0.2) is 72.4 Å². The van der Waals surface area contributed by atoms with Crippen molar-refractivity contribution < 1.29 is 14.3 Å². The Morgan fingerprint density at radius 1 is 1.38 bits per heavy atom. The van der Waals surface area contributed by atoms with Crippen LogP contribution in [0.5, 0.6) is 0 Å². The molecule has 2 saturated heterocycles. The van der Waals surface area contributed by atoms with Gasteiger partial charge in [-0.1, -0.05) is 0 Å². The van der Waals surface area contributed by atoms with Gasteiger partial charge in [0.25, 0.3) is 0 Å². The molecule has 26 heavy (non-hydrogen) atoms. The van der Waals surface area contributed by atoms with Crippen molar-refractivity contribution in [1.29, 1.82) is 0 Å². The highest BCUT2D eigenvalue weighted by molar-refractivity contribution is 6.00. The summed E-state index contributed by atoms with van der Waals surface area (Å²) < 4.78 is 7.15. The average Bonchev–Trinajstić information content (AvgIpc) is 3.26. The SMILES string of the molecule is CC(C)n1cc(N2C[C@H](C(=O)NCCCN3CCOCC3)CC2=O)cn1. The lowest BCUT2D eigenvalue weighted by Crippen LogP contribution is -2.39. The van der Waals surface area contributed by atoms with Gasteiger partial charge in [0.2, 0.25) is 11.8 Å². The summed E-state index contributed by atoms with van der Waals surface area (Å²) in [5, 5.41) is 7.26. The summed E-state index contributed by atoms with van der Waals surface area (Å²) in [6.07, 6.45) is 4.74. The van der Waals surface area contributed by atoms with Crippen molar-refractivity contribution in [3.63, 3.8) is 0 Å². The zero-order valence-electron chi connectivity index (χ0n) is 15.7. The maximum absolute atomic E-state index is 12.4. The van der Waals surface area contributed by atoms with Crippen molar-refractivity contribution >= 4 is 17.5 Å². The van der Waals surface area contributed by atoms with E-state index in [2.05, 4.69) is 15.3 Å². The van der Waals surface area contributed by atoms with Gasteiger partial charge in [-0.3, -0.25) is 19.2 Å². The second kappa shape index (κ2) is 8.64. The lowest BCUT2D eigenvalue weighted by atomic mass is 10.1. The lowest BCUT2D eigenvalue weighted by molar-refractivity contribution is -0.126. The third kappa shape index (κ3) is 4.62. The van der Waals surface area contributed by atoms with E-state index in [1.54, 1.807) is 11.1 Å². The van der Waals surface area contributed by atoms with Gasteiger partial charge in [-0.15, -0.1) is 0 Å². The number of rotatable bonds is 7. The molecule has 0 saturated carbocycles. The molecule has 2 amide bonds. The first-order valence-corrected chi connectivity index (χ1v) is 9.47. The zero-order valence-corrected chi connectivity index (χ0v) is 15.7. The Balaban J connectivity index is 1.43. The Kier molecular flexibility index (Phi) is 6.26. The number of amides is 2. The van der Waals surface area contributed by atoms with E-state index in [-0.39, 0.29) is 30.2 Å². The minimum atomic E-state index is -0.284. The molecule has 0 unspecified atom stereocenters. The van der Waals surface area contributed by atoms with Crippen molar-refractivity contribution in [3.8, 4) is 0 Å². The fourth-order valence-electron chi connectivity index (χ4n) is 3.37. The highest BCUT2D eigenvalue weighted by atomic mass is 16.5. The number of nitrogens with one attached hydrogen (secondary N) is 1. The highest BCUT2D eigenvalue weighted by Crippen LogP contribution is 2.25. The van der Waals surface area contributed by atoms with E-state index in [1.807, 2.05) is 24.7 Å². The molecule has 0 aliphatic carbocycles. The minimum Gasteiger partial charge on any atom is -0.379 e. The Morgan fingerprint density at radius 2 is 2.15 bits per heavy atom. The number of hydrogen-bond acceptors (Lipinski definition) is 5. The molecule has 0 radical (unpaired) electrons. The molecule has 1 N–H and O–H groups in total. The van der Waals surface area contributed by atoms with Crippen molar-refractivity contribution in [3.05, 3.63) is 12.4 Å². The fourth-order valence-corrected chi connectivity index (χ4v) is 3.37. The lowest BCUT2D eigenvalue weighted by Gasteiger charge is -2.26. The average molecular weight is 363 g/mol. The Labute approximate surface area is 154 Å². The number of anilines is 1. The van der Waals surface area contributed by atoms with Gasteiger partial charge < -0.3 is 15.0 Å². The van der Waals surface area contributed by atoms with E-state index in [0.717, 1.165) is 45.0 Å². The molecule has 1 atom stereocenters. The van der Waals surface area contributed by atoms with Crippen LogP contribution in [0, 0.1) is 5.92 Å². The van der Waals surface area contributed by atoms with Gasteiger partial charge in [0.05, 0.1) is 31.0 Å². The summed E-state index contributed by atoms with van der Waals surface area (Å²) in [4.78, 5) is 28.7. The predicted octanol–water partition coefficient (Wildman–Crippen LogP) is 0.655. The van der Waals surface area contributed by atoms with Gasteiger partial charge in [-0.05, 0) is 26.8 Å². The minimum absolute atomic E-state index is 0.0122. The van der Waals surface area contributed by atoms with Gasteiger partial charge in [0.1, 0.15) is 0 Å². The first-order chi connectivity index (χ1) is 12.5. The second-order valence-electron chi connectivity index (χ2n) is 7.28. The molecule has 3 heterocycles. The molecule has 0 aromatic carbocycles. The molecule has 0 spiro atoms. The van der Waals surface area contributed by atoms with Crippen LogP contribution in [0.25, 0.3) is 0 Å². The van der Waals surface area contributed by atoms with E-state index in [0.29, 0.717) is 13.1 Å². The molecule has 1 aromatic rings. The highest BCUT2D eigenvalue weighted by Gasteiger charge is 2.35. The summed E-state index contributed by atoms with van der Waals surface area (Å²) in [7, 11) is 0. The summed E-state index contributed by atoms with van der Waals surface area (Å²) in [6.45, 7) is 9.62. The van der Waals surface area contributed by atoms with Crippen molar-refractivity contribution in [2.75, 3.05) is 50.8 Å². The molecule has 8 nitrogen and oxygen atoms in total. The number of hydrogen-bond donors (Lipinski definition) is 1. The van der Waals surface area contributed by atoms with Crippen molar-refractivity contribution in [2.45, 2.75) is 32.7 Å². The molecule has 144 valence electrons.